The van der Waals surface area contributed by atoms with E-state index in [0.29, 0.717) is 48.8 Å². The molecule has 1 amide bonds. The van der Waals surface area contributed by atoms with Crippen LogP contribution in [0.5, 0.6) is 0 Å². The van der Waals surface area contributed by atoms with Crippen molar-refractivity contribution >= 4 is 32.8 Å². The predicted octanol–water partition coefficient (Wildman–Crippen LogP) is 6.45. The van der Waals surface area contributed by atoms with E-state index >= 15 is 0 Å². The van der Waals surface area contributed by atoms with Crippen molar-refractivity contribution in [3.63, 3.8) is 0 Å². The Bertz CT molecular complexity index is 1830. The maximum absolute atomic E-state index is 14.0. The van der Waals surface area contributed by atoms with E-state index in [4.69, 9.17) is 0 Å². The van der Waals surface area contributed by atoms with Gasteiger partial charge in [-0.2, -0.15) is 26.3 Å². The number of piperazine rings is 2. The van der Waals surface area contributed by atoms with Gasteiger partial charge in [-0.15, -0.1) is 0 Å². The Morgan fingerprint density at radius 1 is 0.635 bits per heavy atom. The SMILES string of the molecule is CS(=O)(=O)c1ccc(N2CCCCC2)c(C(=O)N2CCN(c3ccc(C(F)(F)F)c(F)c3)CC2)c1.Fc1cc(N2CCNCC2)ccc1C(F)(F)F. The number of amides is 1. The molecular formula is C35H39F8N5O3S. The van der Waals surface area contributed by atoms with Crippen LogP contribution < -0.4 is 20.0 Å². The highest BCUT2D eigenvalue weighted by Gasteiger charge is 2.35. The normalized spacial score (nSPS) is 17.5. The molecule has 3 aromatic carbocycles. The molecule has 3 saturated heterocycles. The Labute approximate surface area is 296 Å². The number of rotatable bonds is 5. The molecule has 0 atom stereocenters. The van der Waals surface area contributed by atoms with Gasteiger partial charge in [0, 0.05) is 88.8 Å². The molecule has 3 heterocycles. The summed E-state index contributed by atoms with van der Waals surface area (Å²) in [6.07, 6.45) is -5.22. The zero-order valence-electron chi connectivity index (χ0n) is 28.3. The summed E-state index contributed by atoms with van der Waals surface area (Å²) < 4.78 is 127. The van der Waals surface area contributed by atoms with Gasteiger partial charge in [-0.25, -0.2) is 17.2 Å². The summed E-state index contributed by atoms with van der Waals surface area (Å²) in [4.78, 5) is 20.9. The monoisotopic (exact) mass is 761 g/mol. The average Bonchev–Trinajstić information content (AvgIpc) is 3.10. The van der Waals surface area contributed by atoms with Crippen LogP contribution in [0.3, 0.4) is 0 Å². The number of halogens is 8. The summed E-state index contributed by atoms with van der Waals surface area (Å²) in [6.45, 7) is 5.56. The number of nitrogens with one attached hydrogen (secondary N) is 1. The van der Waals surface area contributed by atoms with Crippen LogP contribution in [0.1, 0.15) is 40.7 Å². The number of carbonyl (C=O) groups is 1. The Balaban J connectivity index is 0.000000257. The van der Waals surface area contributed by atoms with E-state index < -0.39 is 45.0 Å². The molecule has 0 aromatic heterocycles. The van der Waals surface area contributed by atoms with Gasteiger partial charge in [0.15, 0.2) is 9.84 Å². The third-order valence-electron chi connectivity index (χ3n) is 9.25. The minimum atomic E-state index is -4.76. The van der Waals surface area contributed by atoms with Gasteiger partial charge in [0.1, 0.15) is 11.6 Å². The van der Waals surface area contributed by atoms with Crippen molar-refractivity contribution in [3.05, 3.63) is 82.9 Å². The molecule has 3 aliphatic rings. The summed E-state index contributed by atoms with van der Waals surface area (Å²) in [7, 11) is -3.51. The molecule has 0 aliphatic carbocycles. The van der Waals surface area contributed by atoms with Gasteiger partial charge in [-0.05, 0) is 73.9 Å². The minimum absolute atomic E-state index is 0.0699. The molecule has 3 aliphatic heterocycles. The van der Waals surface area contributed by atoms with E-state index in [2.05, 4.69) is 10.2 Å². The molecule has 0 saturated carbocycles. The maximum atomic E-state index is 14.0. The smallest absolute Gasteiger partial charge is 0.371 e. The first kappa shape index (κ1) is 39.1. The number of anilines is 3. The highest BCUT2D eigenvalue weighted by molar-refractivity contribution is 7.90. The van der Waals surface area contributed by atoms with Crippen molar-refractivity contribution in [1.29, 1.82) is 0 Å². The van der Waals surface area contributed by atoms with Crippen molar-refractivity contribution in [2.75, 3.05) is 86.4 Å². The summed E-state index contributed by atoms with van der Waals surface area (Å²) in [5, 5.41) is 3.12. The van der Waals surface area contributed by atoms with Crippen LogP contribution in [0.15, 0.2) is 59.5 Å². The Hall–Kier alpha value is -4.12. The summed E-state index contributed by atoms with van der Waals surface area (Å²) in [6, 6.07) is 10.5. The molecule has 284 valence electrons. The lowest BCUT2D eigenvalue weighted by Gasteiger charge is -2.37. The first-order valence-electron chi connectivity index (χ1n) is 16.8. The van der Waals surface area contributed by atoms with Crippen molar-refractivity contribution in [2.45, 2.75) is 36.5 Å². The number of nitrogens with zero attached hydrogens (tertiary/aromatic N) is 4. The second-order valence-electron chi connectivity index (χ2n) is 12.8. The molecule has 6 rings (SSSR count). The number of piperidine rings is 1. The van der Waals surface area contributed by atoms with Crippen LogP contribution in [0, 0.1) is 11.6 Å². The van der Waals surface area contributed by atoms with Gasteiger partial charge in [0.25, 0.3) is 5.91 Å². The van der Waals surface area contributed by atoms with Gasteiger partial charge in [0.2, 0.25) is 0 Å². The van der Waals surface area contributed by atoms with Gasteiger partial charge >= 0.3 is 12.4 Å². The average molecular weight is 762 g/mol. The van der Waals surface area contributed by atoms with Crippen LogP contribution in [0.2, 0.25) is 0 Å². The second kappa shape index (κ2) is 15.9. The lowest BCUT2D eigenvalue weighted by atomic mass is 10.1. The lowest BCUT2D eigenvalue weighted by Crippen LogP contribution is -2.49. The minimum Gasteiger partial charge on any atom is -0.371 e. The predicted molar refractivity (Wildman–Crippen MR) is 182 cm³/mol. The van der Waals surface area contributed by atoms with Crippen LogP contribution in [0.4, 0.5) is 52.2 Å². The van der Waals surface area contributed by atoms with Gasteiger partial charge in [-0.3, -0.25) is 4.79 Å². The van der Waals surface area contributed by atoms with Crippen LogP contribution in [-0.4, -0.2) is 90.9 Å². The number of hydrogen-bond donors (Lipinski definition) is 1. The summed E-state index contributed by atoms with van der Waals surface area (Å²) >= 11 is 0. The van der Waals surface area contributed by atoms with E-state index in [0.717, 1.165) is 76.0 Å². The molecular weight excluding hydrogens is 722 g/mol. The van der Waals surface area contributed by atoms with E-state index in [9.17, 15) is 48.3 Å². The molecule has 8 nitrogen and oxygen atoms in total. The largest absolute Gasteiger partial charge is 0.419 e. The highest BCUT2D eigenvalue weighted by atomic mass is 32.2. The van der Waals surface area contributed by atoms with Gasteiger partial charge in [0.05, 0.1) is 21.6 Å². The number of sulfone groups is 1. The van der Waals surface area contributed by atoms with Crippen molar-refractivity contribution in [1.82, 2.24) is 10.2 Å². The fraction of sp³-hybridized carbons (Fsp3) is 0.457. The van der Waals surface area contributed by atoms with Crippen LogP contribution >= 0.6 is 0 Å². The van der Waals surface area contributed by atoms with Crippen LogP contribution in [0.25, 0.3) is 0 Å². The Kier molecular flexibility index (Phi) is 11.9. The fourth-order valence-corrected chi connectivity index (χ4v) is 7.10. The number of carbonyl (C=O) groups excluding carboxylic acids is 1. The number of hydrogen-bond acceptors (Lipinski definition) is 7. The van der Waals surface area contributed by atoms with Gasteiger partial charge < -0.3 is 24.9 Å². The first-order chi connectivity index (χ1) is 24.4. The van der Waals surface area contributed by atoms with E-state index in [1.165, 1.54) is 24.3 Å². The van der Waals surface area contributed by atoms with E-state index in [1.807, 2.05) is 4.90 Å². The molecule has 0 bridgehead atoms. The fourth-order valence-electron chi connectivity index (χ4n) is 6.45. The zero-order valence-corrected chi connectivity index (χ0v) is 29.2. The Morgan fingerprint density at radius 3 is 1.60 bits per heavy atom. The molecule has 0 radical (unpaired) electrons. The van der Waals surface area contributed by atoms with Crippen molar-refractivity contribution in [3.8, 4) is 0 Å². The van der Waals surface area contributed by atoms with E-state index in [1.54, 1.807) is 15.9 Å². The third-order valence-corrected chi connectivity index (χ3v) is 10.4. The molecule has 1 N–H and O–H groups in total. The van der Waals surface area contributed by atoms with Crippen molar-refractivity contribution in [2.24, 2.45) is 0 Å². The standard InChI is InChI=1S/C24H27F4N3O3S.C11H12F4N2/c1-35(33,34)18-6-8-22(30-9-3-2-4-10-30)19(16-18)23(32)31-13-11-29(12-14-31)17-5-7-20(21(25)15-17)24(26,27)28;12-10-7-8(17-5-3-16-4-6-17)1-2-9(10)11(13,14)15/h5-8,15-16H,2-4,9-14H2,1H3;1-2,7,16H,3-6H2. The summed E-state index contributed by atoms with van der Waals surface area (Å²) in [5.41, 5.74) is -0.687. The highest BCUT2D eigenvalue weighted by Crippen LogP contribution is 2.35. The lowest BCUT2D eigenvalue weighted by molar-refractivity contribution is -0.140. The second-order valence-corrected chi connectivity index (χ2v) is 14.9. The van der Waals surface area contributed by atoms with Crippen LogP contribution in [-0.2, 0) is 22.2 Å². The molecule has 52 heavy (non-hydrogen) atoms. The van der Waals surface area contributed by atoms with Gasteiger partial charge in [-0.1, -0.05) is 0 Å². The molecule has 3 fully saturated rings. The molecule has 0 spiro atoms. The molecule has 0 unspecified atom stereocenters. The Morgan fingerprint density at radius 2 is 1.13 bits per heavy atom. The number of benzene rings is 3. The first-order valence-corrected chi connectivity index (χ1v) is 18.6. The quantitative estimate of drug-likeness (QED) is 0.300. The summed E-state index contributed by atoms with van der Waals surface area (Å²) in [5.74, 6) is -2.85. The van der Waals surface area contributed by atoms with E-state index in [-0.39, 0.29) is 23.9 Å². The third kappa shape index (κ3) is 9.45. The molecule has 17 heteroatoms. The molecule has 3 aromatic rings. The number of alkyl halides is 6. The van der Waals surface area contributed by atoms with Crippen molar-refractivity contribution < 1.29 is 48.3 Å². The maximum Gasteiger partial charge on any atom is 0.419 e. The zero-order chi connectivity index (χ0) is 37.8. The topological polar surface area (TPSA) is 76.2 Å².